The fourth-order valence-electron chi connectivity index (χ4n) is 2.05. The van der Waals surface area contributed by atoms with E-state index in [2.05, 4.69) is 65.9 Å². The molecule has 0 atom stereocenters. The molecule has 0 amide bonds. The molecule has 0 saturated heterocycles. The first-order chi connectivity index (χ1) is 9.99. The van der Waals surface area contributed by atoms with E-state index in [9.17, 15) is 0 Å². The summed E-state index contributed by atoms with van der Waals surface area (Å²) in [5, 5.41) is 3.21. The third-order valence-electron chi connectivity index (χ3n) is 3.37. The van der Waals surface area contributed by atoms with Crippen LogP contribution in [0.5, 0.6) is 5.75 Å². The van der Waals surface area contributed by atoms with Crippen molar-refractivity contribution in [1.29, 1.82) is 0 Å². The van der Waals surface area contributed by atoms with Crippen LogP contribution in [0.2, 0.25) is 25.7 Å². The molecule has 2 nitrogen and oxygen atoms in total. The molecule has 0 N–H and O–H groups in total. The zero-order valence-corrected chi connectivity index (χ0v) is 15.6. The maximum absolute atomic E-state index is 5.81. The van der Waals surface area contributed by atoms with Gasteiger partial charge in [-0.05, 0) is 28.9 Å². The van der Waals surface area contributed by atoms with Gasteiger partial charge >= 0.3 is 0 Å². The third kappa shape index (κ3) is 5.13. The number of fused-ring (bicyclic) bond motifs is 1. The molecule has 0 saturated carbocycles. The van der Waals surface area contributed by atoms with E-state index in [1.54, 1.807) is 0 Å². The fraction of sp³-hybridized carbons (Fsp3) is 0.412. The second-order valence-electron chi connectivity index (χ2n) is 6.42. The van der Waals surface area contributed by atoms with Crippen molar-refractivity contribution < 1.29 is 9.47 Å². The van der Waals surface area contributed by atoms with Crippen LogP contribution in [0.25, 0.3) is 10.8 Å². The standard InChI is InChI=1S/C17H23BrO2Si/c1-21(2,3)9-8-19-13-20-17-11-15-7-5-4-6-14(15)10-16(17)12-18/h4-7,10-11H,8-9,12-13H2,1-3H3. The Labute approximate surface area is 136 Å². The van der Waals surface area contributed by atoms with Crippen molar-refractivity contribution in [2.45, 2.75) is 31.0 Å². The van der Waals surface area contributed by atoms with Crippen molar-refractivity contribution >= 4 is 34.8 Å². The van der Waals surface area contributed by atoms with Gasteiger partial charge in [-0.25, -0.2) is 0 Å². The molecule has 4 heteroatoms. The summed E-state index contributed by atoms with van der Waals surface area (Å²) < 4.78 is 11.4. The zero-order chi connectivity index (χ0) is 15.3. The minimum atomic E-state index is -1.03. The van der Waals surface area contributed by atoms with E-state index in [0.717, 1.165) is 23.2 Å². The molecule has 21 heavy (non-hydrogen) atoms. The van der Waals surface area contributed by atoms with Crippen molar-refractivity contribution in [2.75, 3.05) is 13.4 Å². The lowest BCUT2D eigenvalue weighted by Gasteiger charge is -2.16. The highest BCUT2D eigenvalue weighted by molar-refractivity contribution is 9.08. The number of rotatable bonds is 7. The van der Waals surface area contributed by atoms with E-state index in [-0.39, 0.29) is 0 Å². The number of hydrogen-bond acceptors (Lipinski definition) is 2. The van der Waals surface area contributed by atoms with Gasteiger partial charge in [0, 0.05) is 25.6 Å². The average molecular weight is 367 g/mol. The summed E-state index contributed by atoms with van der Waals surface area (Å²) in [5.74, 6) is 0.901. The monoisotopic (exact) mass is 366 g/mol. The quantitative estimate of drug-likeness (QED) is 0.281. The van der Waals surface area contributed by atoms with Gasteiger partial charge in [-0.1, -0.05) is 59.8 Å². The maximum atomic E-state index is 5.81. The average Bonchev–Trinajstić information content (AvgIpc) is 2.44. The molecule has 2 rings (SSSR count). The predicted molar refractivity (Wildman–Crippen MR) is 96.2 cm³/mol. The number of benzene rings is 2. The highest BCUT2D eigenvalue weighted by Crippen LogP contribution is 2.27. The Morgan fingerprint density at radius 1 is 1.05 bits per heavy atom. The second-order valence-corrected chi connectivity index (χ2v) is 12.6. The summed E-state index contributed by atoms with van der Waals surface area (Å²) in [6, 6.07) is 13.8. The van der Waals surface area contributed by atoms with Crippen LogP contribution in [0, 0.1) is 0 Å². The van der Waals surface area contributed by atoms with Crippen molar-refractivity contribution in [3.05, 3.63) is 42.0 Å². The van der Waals surface area contributed by atoms with E-state index in [1.165, 1.54) is 16.8 Å². The molecule has 0 aromatic heterocycles. The van der Waals surface area contributed by atoms with Crippen molar-refractivity contribution in [3.8, 4) is 5.75 Å². The van der Waals surface area contributed by atoms with Gasteiger partial charge in [0.15, 0.2) is 6.79 Å². The van der Waals surface area contributed by atoms with E-state index in [0.29, 0.717) is 6.79 Å². The van der Waals surface area contributed by atoms with Gasteiger partial charge < -0.3 is 9.47 Å². The molecule has 0 aliphatic rings. The van der Waals surface area contributed by atoms with Crippen LogP contribution in [0.4, 0.5) is 0 Å². The summed E-state index contributed by atoms with van der Waals surface area (Å²) in [6.45, 7) is 8.16. The Balaban J connectivity index is 1.97. The smallest absolute Gasteiger partial charge is 0.189 e. The Kier molecular flexibility index (Phi) is 5.85. The third-order valence-corrected chi connectivity index (χ3v) is 5.68. The molecule has 0 heterocycles. The Bertz CT molecular complexity index is 593. The van der Waals surface area contributed by atoms with Crippen LogP contribution >= 0.6 is 15.9 Å². The van der Waals surface area contributed by atoms with E-state index >= 15 is 0 Å². The second kappa shape index (κ2) is 7.43. The molecular weight excluding hydrogens is 344 g/mol. The highest BCUT2D eigenvalue weighted by Gasteiger charge is 2.12. The zero-order valence-electron chi connectivity index (χ0n) is 13.0. The van der Waals surface area contributed by atoms with E-state index in [1.807, 2.05) is 6.07 Å². The first-order valence-electron chi connectivity index (χ1n) is 7.28. The number of alkyl halides is 1. The first-order valence-corrected chi connectivity index (χ1v) is 12.1. The van der Waals surface area contributed by atoms with Crippen molar-refractivity contribution in [1.82, 2.24) is 0 Å². The number of hydrogen-bond donors (Lipinski definition) is 0. The van der Waals surface area contributed by atoms with Crippen molar-refractivity contribution in [2.24, 2.45) is 0 Å². The van der Waals surface area contributed by atoms with Gasteiger partial charge in [0.25, 0.3) is 0 Å². The molecule has 0 aliphatic carbocycles. The highest BCUT2D eigenvalue weighted by atomic mass is 79.9. The van der Waals surface area contributed by atoms with Crippen LogP contribution in [-0.4, -0.2) is 21.5 Å². The molecule has 0 spiro atoms. The Morgan fingerprint density at radius 2 is 1.71 bits per heavy atom. The van der Waals surface area contributed by atoms with Gasteiger partial charge in [-0.2, -0.15) is 0 Å². The van der Waals surface area contributed by atoms with Crippen molar-refractivity contribution in [3.63, 3.8) is 0 Å². The van der Waals surface area contributed by atoms with E-state index < -0.39 is 8.07 Å². The minimum absolute atomic E-state index is 0.322. The lowest BCUT2D eigenvalue weighted by Crippen LogP contribution is -2.22. The Morgan fingerprint density at radius 3 is 2.33 bits per heavy atom. The molecule has 0 radical (unpaired) electrons. The minimum Gasteiger partial charge on any atom is -0.467 e. The van der Waals surface area contributed by atoms with Crippen LogP contribution in [0.15, 0.2) is 36.4 Å². The normalized spacial score (nSPS) is 11.8. The molecule has 0 unspecified atom stereocenters. The van der Waals surface area contributed by atoms with Crippen LogP contribution < -0.4 is 4.74 Å². The summed E-state index contributed by atoms with van der Waals surface area (Å²) in [5.41, 5.74) is 1.16. The van der Waals surface area contributed by atoms with Crippen LogP contribution in [0.1, 0.15) is 5.56 Å². The van der Waals surface area contributed by atoms with Crippen LogP contribution in [0.3, 0.4) is 0 Å². The number of halogens is 1. The lowest BCUT2D eigenvalue weighted by molar-refractivity contribution is 0.0217. The molecule has 0 aliphatic heterocycles. The van der Waals surface area contributed by atoms with Gasteiger partial charge in [-0.3, -0.25) is 0 Å². The summed E-state index contributed by atoms with van der Waals surface area (Å²) in [4.78, 5) is 0. The lowest BCUT2D eigenvalue weighted by atomic mass is 10.1. The van der Waals surface area contributed by atoms with Gasteiger partial charge in [0.05, 0.1) is 0 Å². The molecule has 2 aromatic rings. The fourth-order valence-corrected chi connectivity index (χ4v) is 3.24. The number of ether oxygens (including phenoxy) is 2. The molecule has 0 fully saturated rings. The topological polar surface area (TPSA) is 18.5 Å². The van der Waals surface area contributed by atoms with Gasteiger partial charge in [0.2, 0.25) is 0 Å². The van der Waals surface area contributed by atoms with Gasteiger partial charge in [-0.15, -0.1) is 0 Å². The first kappa shape index (κ1) is 16.5. The van der Waals surface area contributed by atoms with Gasteiger partial charge in [0.1, 0.15) is 5.75 Å². The Hall–Kier alpha value is -0.843. The molecular formula is C17H23BrO2Si. The molecule has 0 bridgehead atoms. The summed E-state index contributed by atoms with van der Waals surface area (Å²) in [6.07, 6.45) is 0. The maximum Gasteiger partial charge on any atom is 0.189 e. The summed E-state index contributed by atoms with van der Waals surface area (Å²) >= 11 is 3.53. The largest absolute Gasteiger partial charge is 0.467 e. The predicted octanol–water partition coefficient (Wildman–Crippen LogP) is 5.43. The van der Waals surface area contributed by atoms with E-state index in [4.69, 9.17) is 9.47 Å². The van der Waals surface area contributed by atoms with Crippen LogP contribution in [-0.2, 0) is 10.1 Å². The molecule has 2 aromatic carbocycles. The molecule has 114 valence electrons. The SMILES string of the molecule is C[Si](C)(C)CCOCOc1cc2ccccc2cc1CBr. The summed E-state index contributed by atoms with van der Waals surface area (Å²) in [7, 11) is -1.03.